The lowest BCUT2D eigenvalue weighted by atomic mass is 10.1. The van der Waals surface area contributed by atoms with Crippen molar-refractivity contribution in [2.24, 2.45) is 5.73 Å². The van der Waals surface area contributed by atoms with E-state index in [-0.39, 0.29) is 12.6 Å². The van der Waals surface area contributed by atoms with Crippen LogP contribution in [0.2, 0.25) is 0 Å². The van der Waals surface area contributed by atoms with Crippen LogP contribution in [-0.2, 0) is 31.0 Å². The van der Waals surface area contributed by atoms with Crippen LogP contribution in [0.25, 0.3) is 0 Å². The van der Waals surface area contributed by atoms with E-state index in [1.807, 2.05) is 0 Å². The van der Waals surface area contributed by atoms with Crippen LogP contribution in [0.15, 0.2) is 24.3 Å². The number of hydrogen-bond acceptors (Lipinski definition) is 5. The van der Waals surface area contributed by atoms with Crippen LogP contribution in [0.1, 0.15) is 25.0 Å². The van der Waals surface area contributed by atoms with Gasteiger partial charge in [0.15, 0.2) is 0 Å². The zero-order chi connectivity index (χ0) is 15.9. The molecule has 0 aromatic heterocycles. The van der Waals surface area contributed by atoms with Gasteiger partial charge in [-0.25, -0.2) is 0 Å². The number of carboxylic acid groups (broad SMARTS) is 1. The summed E-state index contributed by atoms with van der Waals surface area (Å²) in [7, 11) is -3.12. The maximum atomic E-state index is 12.4. The molecule has 0 fully saturated rings. The summed E-state index contributed by atoms with van der Waals surface area (Å²) in [6.45, 7) is 4.18. The highest BCUT2D eigenvalue weighted by Crippen LogP contribution is 2.51. The van der Waals surface area contributed by atoms with Crippen LogP contribution >= 0.6 is 7.60 Å². The maximum absolute atomic E-state index is 12.4. The Kier molecular flexibility index (Phi) is 7.05. The van der Waals surface area contributed by atoms with Crippen molar-refractivity contribution >= 4 is 13.6 Å². The molecule has 0 aliphatic rings. The Bertz CT molecular complexity index is 493. The average Bonchev–Trinajstić information content (AvgIpc) is 2.41. The van der Waals surface area contributed by atoms with Crippen LogP contribution in [-0.4, -0.2) is 30.3 Å². The highest BCUT2D eigenvalue weighted by atomic mass is 31.2. The molecule has 21 heavy (non-hydrogen) atoms. The van der Waals surface area contributed by atoms with Gasteiger partial charge in [-0.1, -0.05) is 24.3 Å². The van der Waals surface area contributed by atoms with E-state index in [0.717, 1.165) is 11.1 Å². The lowest BCUT2D eigenvalue weighted by Gasteiger charge is -2.17. The van der Waals surface area contributed by atoms with Gasteiger partial charge in [0.1, 0.15) is 6.04 Å². The molecule has 7 heteroatoms. The number of carboxylic acids is 1. The molecule has 1 rings (SSSR count). The largest absolute Gasteiger partial charge is 0.480 e. The van der Waals surface area contributed by atoms with Crippen molar-refractivity contribution in [1.29, 1.82) is 0 Å². The summed E-state index contributed by atoms with van der Waals surface area (Å²) in [6.07, 6.45) is 0.449. The molecule has 0 aliphatic carbocycles. The van der Waals surface area contributed by atoms with Crippen molar-refractivity contribution < 1.29 is 23.5 Å². The predicted molar refractivity (Wildman–Crippen MR) is 80.3 cm³/mol. The van der Waals surface area contributed by atoms with Crippen molar-refractivity contribution in [1.82, 2.24) is 0 Å². The Balaban J connectivity index is 2.73. The summed E-state index contributed by atoms with van der Waals surface area (Å²) in [5.74, 6) is -1.03. The maximum Gasteiger partial charge on any atom is 0.335 e. The van der Waals surface area contributed by atoms with E-state index in [1.54, 1.807) is 38.1 Å². The van der Waals surface area contributed by atoms with Crippen molar-refractivity contribution in [3.8, 4) is 0 Å². The summed E-state index contributed by atoms with van der Waals surface area (Å²) in [5, 5.41) is 8.77. The SMILES string of the molecule is CCOP(=O)(Cc1ccc(C[C@H](N)C(=O)O)cc1)OCC. The van der Waals surface area contributed by atoms with E-state index in [0.29, 0.717) is 13.2 Å². The normalized spacial score (nSPS) is 13.1. The molecular weight excluding hydrogens is 293 g/mol. The molecule has 6 nitrogen and oxygen atoms in total. The number of rotatable bonds is 9. The van der Waals surface area contributed by atoms with Gasteiger partial charge in [0.25, 0.3) is 0 Å². The first-order chi connectivity index (χ1) is 9.90. The van der Waals surface area contributed by atoms with E-state index < -0.39 is 19.6 Å². The van der Waals surface area contributed by atoms with E-state index in [1.165, 1.54) is 0 Å². The Morgan fingerprint density at radius 3 is 2.10 bits per heavy atom. The van der Waals surface area contributed by atoms with Crippen molar-refractivity contribution in [2.45, 2.75) is 32.5 Å². The second kappa shape index (κ2) is 8.29. The van der Waals surface area contributed by atoms with E-state index in [4.69, 9.17) is 19.9 Å². The van der Waals surface area contributed by atoms with Gasteiger partial charge in [0.05, 0.1) is 19.4 Å². The van der Waals surface area contributed by atoms with Gasteiger partial charge in [-0.2, -0.15) is 0 Å². The lowest BCUT2D eigenvalue weighted by molar-refractivity contribution is -0.138. The Hall–Kier alpha value is -1.20. The fourth-order valence-electron chi connectivity index (χ4n) is 1.87. The lowest BCUT2D eigenvalue weighted by Crippen LogP contribution is -2.32. The minimum atomic E-state index is -3.12. The number of benzene rings is 1. The molecule has 1 atom stereocenters. The fourth-order valence-corrected chi connectivity index (χ4v) is 3.57. The molecule has 0 saturated heterocycles. The molecule has 0 saturated carbocycles. The molecule has 0 amide bonds. The highest BCUT2D eigenvalue weighted by molar-refractivity contribution is 7.53. The summed E-state index contributed by atoms with van der Waals surface area (Å²) >= 11 is 0. The highest BCUT2D eigenvalue weighted by Gasteiger charge is 2.24. The fraction of sp³-hybridized carbons (Fsp3) is 0.500. The number of nitrogens with two attached hydrogens (primary N) is 1. The van der Waals surface area contributed by atoms with Crippen molar-refractivity contribution in [3.63, 3.8) is 0 Å². The number of carbonyl (C=O) groups is 1. The topological polar surface area (TPSA) is 98.9 Å². The third kappa shape index (κ3) is 5.98. The predicted octanol–water partition coefficient (Wildman–Crippen LogP) is 2.41. The van der Waals surface area contributed by atoms with E-state index in [2.05, 4.69) is 0 Å². The Morgan fingerprint density at radius 2 is 1.67 bits per heavy atom. The van der Waals surface area contributed by atoms with Gasteiger partial charge >= 0.3 is 13.6 Å². The zero-order valence-electron chi connectivity index (χ0n) is 12.3. The third-order valence-electron chi connectivity index (χ3n) is 2.82. The molecule has 0 unspecified atom stereocenters. The van der Waals surface area contributed by atoms with Crippen LogP contribution in [0.5, 0.6) is 0 Å². The Labute approximate surface area is 124 Å². The standard InChI is InChI=1S/C14H22NO5P/c1-3-19-21(18,20-4-2)10-12-7-5-11(6-8-12)9-13(15)14(16)17/h5-8,13H,3-4,9-10,15H2,1-2H3,(H,16,17)/t13-/m0/s1. The number of hydrogen-bond donors (Lipinski definition) is 2. The first-order valence-electron chi connectivity index (χ1n) is 6.84. The van der Waals surface area contributed by atoms with Crippen LogP contribution in [0.4, 0.5) is 0 Å². The quantitative estimate of drug-likeness (QED) is 0.679. The van der Waals surface area contributed by atoms with Crippen LogP contribution in [0, 0.1) is 0 Å². The van der Waals surface area contributed by atoms with Gasteiger partial charge in [-0.05, 0) is 31.4 Å². The van der Waals surface area contributed by atoms with Gasteiger partial charge in [-0.15, -0.1) is 0 Å². The molecule has 3 N–H and O–H groups in total. The Morgan fingerprint density at radius 1 is 1.19 bits per heavy atom. The summed E-state index contributed by atoms with van der Waals surface area (Å²) in [6, 6.07) is 6.21. The summed E-state index contributed by atoms with van der Waals surface area (Å²) in [4.78, 5) is 10.7. The molecule has 1 aromatic carbocycles. The van der Waals surface area contributed by atoms with Gasteiger partial charge in [-0.3, -0.25) is 9.36 Å². The monoisotopic (exact) mass is 315 g/mol. The first-order valence-corrected chi connectivity index (χ1v) is 8.57. The summed E-state index contributed by atoms with van der Waals surface area (Å²) < 4.78 is 22.9. The van der Waals surface area contributed by atoms with Crippen LogP contribution < -0.4 is 5.73 Å². The third-order valence-corrected chi connectivity index (χ3v) is 4.88. The van der Waals surface area contributed by atoms with Gasteiger partial charge in [0, 0.05) is 0 Å². The first kappa shape index (κ1) is 17.9. The van der Waals surface area contributed by atoms with Gasteiger partial charge < -0.3 is 19.9 Å². The van der Waals surface area contributed by atoms with Crippen molar-refractivity contribution in [2.75, 3.05) is 13.2 Å². The molecule has 0 radical (unpaired) electrons. The van der Waals surface area contributed by atoms with E-state index in [9.17, 15) is 9.36 Å². The molecule has 118 valence electrons. The minimum absolute atomic E-state index is 0.194. The molecule has 0 aliphatic heterocycles. The molecule has 0 spiro atoms. The van der Waals surface area contributed by atoms with Gasteiger partial charge in [0.2, 0.25) is 0 Å². The molecule has 1 aromatic rings. The zero-order valence-corrected chi connectivity index (χ0v) is 13.2. The number of aliphatic carboxylic acids is 1. The van der Waals surface area contributed by atoms with E-state index >= 15 is 0 Å². The van der Waals surface area contributed by atoms with Crippen molar-refractivity contribution in [3.05, 3.63) is 35.4 Å². The smallest absolute Gasteiger partial charge is 0.335 e. The molecule has 0 heterocycles. The summed E-state index contributed by atoms with van der Waals surface area (Å²) in [5.41, 5.74) is 7.11. The second-order valence-corrected chi connectivity index (χ2v) is 6.62. The van der Waals surface area contributed by atoms with Crippen LogP contribution in [0.3, 0.4) is 0 Å². The molecular formula is C14H22NO5P. The second-order valence-electron chi connectivity index (χ2n) is 4.57. The average molecular weight is 315 g/mol. The minimum Gasteiger partial charge on any atom is -0.480 e. The molecule has 0 bridgehead atoms.